The average Bonchev–Trinajstić information content (AvgIpc) is 2.56. The fraction of sp³-hybridized carbons (Fsp3) is 0.235. The topological polar surface area (TPSA) is 61.8 Å². The van der Waals surface area contributed by atoms with Gasteiger partial charge in [0.25, 0.3) is 0 Å². The van der Waals surface area contributed by atoms with Gasteiger partial charge in [0.1, 0.15) is 5.75 Å². The van der Waals surface area contributed by atoms with Crippen molar-refractivity contribution in [2.75, 3.05) is 19.9 Å². The third-order valence-electron chi connectivity index (χ3n) is 3.08. The molecule has 5 nitrogen and oxygen atoms in total. The zero-order valence-corrected chi connectivity index (χ0v) is 12.3. The summed E-state index contributed by atoms with van der Waals surface area (Å²) in [4.78, 5) is 13.7. The maximum absolute atomic E-state index is 12.2. The molecule has 2 amide bonds. The molecule has 0 unspecified atom stereocenters. The number of para-hydroxylation sites is 1. The van der Waals surface area contributed by atoms with E-state index in [1.165, 1.54) is 0 Å². The highest BCUT2D eigenvalue weighted by Crippen LogP contribution is 2.08. The van der Waals surface area contributed by atoms with Crippen LogP contribution in [0.4, 0.5) is 4.79 Å². The van der Waals surface area contributed by atoms with Crippen LogP contribution >= 0.6 is 0 Å². The van der Waals surface area contributed by atoms with Gasteiger partial charge in [-0.15, -0.1) is 0 Å². The van der Waals surface area contributed by atoms with Gasteiger partial charge in [0.05, 0.1) is 6.61 Å². The van der Waals surface area contributed by atoms with Crippen molar-refractivity contribution in [1.82, 2.24) is 10.2 Å². The number of benzene rings is 2. The zero-order chi connectivity index (χ0) is 15.6. The lowest BCUT2D eigenvalue weighted by molar-refractivity contribution is 0.164. The molecule has 2 rings (SSSR count). The number of nitrogens with one attached hydrogen (secondary N) is 1. The Balaban J connectivity index is 1.84. The van der Waals surface area contributed by atoms with Gasteiger partial charge in [-0.2, -0.15) is 0 Å². The second-order valence-electron chi connectivity index (χ2n) is 4.71. The van der Waals surface area contributed by atoms with Crippen LogP contribution in [0.1, 0.15) is 5.56 Å². The van der Waals surface area contributed by atoms with Crippen LogP contribution in [0.5, 0.6) is 5.75 Å². The van der Waals surface area contributed by atoms with Gasteiger partial charge < -0.3 is 20.1 Å². The molecule has 0 saturated heterocycles. The number of urea groups is 1. The molecule has 22 heavy (non-hydrogen) atoms. The first-order valence-electron chi connectivity index (χ1n) is 7.15. The highest BCUT2D eigenvalue weighted by Gasteiger charge is 2.12. The molecule has 0 atom stereocenters. The smallest absolute Gasteiger partial charge is 0.320 e. The monoisotopic (exact) mass is 300 g/mol. The number of aliphatic hydroxyl groups is 1. The van der Waals surface area contributed by atoms with Gasteiger partial charge in [0.15, 0.2) is 6.73 Å². The van der Waals surface area contributed by atoms with Crippen LogP contribution < -0.4 is 10.1 Å². The second-order valence-corrected chi connectivity index (χ2v) is 4.71. The van der Waals surface area contributed by atoms with Crippen molar-refractivity contribution in [2.45, 2.75) is 6.54 Å². The average molecular weight is 300 g/mol. The van der Waals surface area contributed by atoms with E-state index in [4.69, 9.17) is 9.84 Å². The molecule has 0 saturated carbocycles. The number of carbonyl (C=O) groups is 1. The van der Waals surface area contributed by atoms with Crippen LogP contribution in [-0.2, 0) is 6.54 Å². The van der Waals surface area contributed by atoms with Crippen LogP contribution in [-0.4, -0.2) is 35.9 Å². The van der Waals surface area contributed by atoms with Crippen molar-refractivity contribution in [3.05, 3.63) is 66.2 Å². The standard InChI is InChI=1S/C17H20N2O3/c20-12-11-19(13-15-7-3-1-4-8-15)17(21)18-14-22-16-9-5-2-6-10-16/h1-10,20H,11-14H2,(H,18,21). The minimum Gasteiger partial charge on any atom is -0.473 e. The third-order valence-corrected chi connectivity index (χ3v) is 3.08. The summed E-state index contributed by atoms with van der Waals surface area (Å²) in [6.45, 7) is 0.712. The van der Waals surface area contributed by atoms with Gasteiger partial charge >= 0.3 is 6.03 Å². The van der Waals surface area contributed by atoms with Crippen molar-refractivity contribution >= 4 is 6.03 Å². The van der Waals surface area contributed by atoms with Crippen LogP contribution in [0.15, 0.2) is 60.7 Å². The van der Waals surface area contributed by atoms with Gasteiger partial charge in [-0.3, -0.25) is 0 Å². The van der Waals surface area contributed by atoms with E-state index in [1.54, 1.807) is 4.90 Å². The molecule has 0 aliphatic carbocycles. The maximum Gasteiger partial charge on any atom is 0.320 e. The minimum absolute atomic E-state index is 0.0829. The molecule has 2 N–H and O–H groups in total. The summed E-state index contributed by atoms with van der Waals surface area (Å²) in [5.41, 5.74) is 1.01. The van der Waals surface area contributed by atoms with E-state index in [-0.39, 0.29) is 25.9 Å². The molecule has 2 aromatic carbocycles. The van der Waals surface area contributed by atoms with E-state index in [1.807, 2.05) is 60.7 Å². The summed E-state index contributed by atoms with van der Waals surface area (Å²) in [6.07, 6.45) is 0. The van der Waals surface area contributed by atoms with Crippen LogP contribution in [0.25, 0.3) is 0 Å². The first-order valence-corrected chi connectivity index (χ1v) is 7.15. The number of nitrogens with zero attached hydrogens (tertiary/aromatic N) is 1. The van der Waals surface area contributed by atoms with E-state index in [2.05, 4.69) is 5.32 Å². The number of hydrogen-bond acceptors (Lipinski definition) is 3. The SMILES string of the molecule is O=C(NCOc1ccccc1)N(CCO)Cc1ccccc1. The molecule has 116 valence electrons. The molecule has 0 bridgehead atoms. The third kappa shape index (κ3) is 5.10. The second kappa shape index (κ2) is 8.69. The summed E-state index contributed by atoms with van der Waals surface area (Å²) >= 11 is 0. The summed E-state index contributed by atoms with van der Waals surface area (Å²) in [7, 11) is 0. The fourth-order valence-corrected chi connectivity index (χ4v) is 1.99. The first-order chi connectivity index (χ1) is 10.8. The molecule has 0 aliphatic heterocycles. The van der Waals surface area contributed by atoms with Gasteiger partial charge in [0.2, 0.25) is 0 Å². The molecule has 5 heteroatoms. The highest BCUT2D eigenvalue weighted by atomic mass is 16.5. The van der Waals surface area contributed by atoms with E-state index in [0.29, 0.717) is 12.3 Å². The van der Waals surface area contributed by atoms with Gasteiger partial charge in [-0.25, -0.2) is 4.79 Å². The Morgan fingerprint density at radius 2 is 1.68 bits per heavy atom. The van der Waals surface area contributed by atoms with E-state index in [0.717, 1.165) is 5.56 Å². The normalized spacial score (nSPS) is 10.0. The number of amides is 2. The molecule has 0 aromatic heterocycles. The minimum atomic E-state index is -0.270. The Morgan fingerprint density at radius 1 is 1.05 bits per heavy atom. The Bertz CT molecular complexity index is 561. The molecule has 0 fully saturated rings. The Morgan fingerprint density at radius 3 is 2.32 bits per heavy atom. The van der Waals surface area contributed by atoms with E-state index < -0.39 is 0 Å². The summed E-state index contributed by atoms with van der Waals surface area (Å²) in [5, 5.41) is 11.8. The maximum atomic E-state index is 12.2. The number of hydrogen-bond donors (Lipinski definition) is 2. The van der Waals surface area contributed by atoms with E-state index >= 15 is 0 Å². The Labute approximate surface area is 130 Å². The van der Waals surface area contributed by atoms with Gasteiger partial charge in [-0.1, -0.05) is 48.5 Å². The van der Waals surface area contributed by atoms with Crippen molar-refractivity contribution in [3.8, 4) is 5.75 Å². The van der Waals surface area contributed by atoms with Gasteiger partial charge in [-0.05, 0) is 17.7 Å². The molecule has 0 spiro atoms. The van der Waals surface area contributed by atoms with Crippen molar-refractivity contribution in [3.63, 3.8) is 0 Å². The lowest BCUT2D eigenvalue weighted by Gasteiger charge is -2.22. The lowest BCUT2D eigenvalue weighted by Crippen LogP contribution is -2.42. The summed E-state index contributed by atoms with van der Waals surface area (Å²) < 4.78 is 5.43. The first kappa shape index (κ1) is 15.9. The predicted octanol–water partition coefficient (Wildman–Crippen LogP) is 2.23. The van der Waals surface area contributed by atoms with Crippen molar-refractivity contribution < 1.29 is 14.6 Å². The molecule has 0 aliphatic rings. The molecular formula is C17H20N2O3. The molecule has 0 radical (unpaired) electrons. The largest absolute Gasteiger partial charge is 0.473 e. The number of ether oxygens (including phenoxy) is 1. The Hall–Kier alpha value is -2.53. The summed E-state index contributed by atoms with van der Waals surface area (Å²) in [5.74, 6) is 0.694. The molecule has 0 heterocycles. The van der Waals surface area contributed by atoms with Gasteiger partial charge in [0, 0.05) is 13.1 Å². The van der Waals surface area contributed by atoms with Crippen molar-refractivity contribution in [1.29, 1.82) is 0 Å². The summed E-state index contributed by atoms with van der Waals surface area (Å²) in [6, 6.07) is 18.6. The van der Waals surface area contributed by atoms with Crippen LogP contribution in [0, 0.1) is 0 Å². The number of aliphatic hydroxyl groups excluding tert-OH is 1. The van der Waals surface area contributed by atoms with Crippen LogP contribution in [0.3, 0.4) is 0 Å². The number of carbonyl (C=O) groups excluding carboxylic acids is 1. The van der Waals surface area contributed by atoms with E-state index in [9.17, 15) is 4.79 Å². The van der Waals surface area contributed by atoms with Crippen molar-refractivity contribution in [2.24, 2.45) is 0 Å². The fourth-order valence-electron chi connectivity index (χ4n) is 1.99. The molecule has 2 aromatic rings. The highest BCUT2D eigenvalue weighted by molar-refractivity contribution is 5.74. The Kier molecular flexibility index (Phi) is 6.26. The number of rotatable bonds is 7. The lowest BCUT2D eigenvalue weighted by atomic mass is 10.2. The zero-order valence-electron chi connectivity index (χ0n) is 12.3. The predicted molar refractivity (Wildman–Crippen MR) is 84.4 cm³/mol. The quantitative estimate of drug-likeness (QED) is 0.771. The van der Waals surface area contributed by atoms with Crippen LogP contribution in [0.2, 0.25) is 0 Å². The molecular weight excluding hydrogens is 280 g/mol.